The summed E-state index contributed by atoms with van der Waals surface area (Å²) in [6, 6.07) is 3.87. The van der Waals surface area contributed by atoms with E-state index in [-0.39, 0.29) is 0 Å². The lowest BCUT2D eigenvalue weighted by atomic mass is 10.1. The van der Waals surface area contributed by atoms with E-state index in [0.717, 1.165) is 24.5 Å². The zero-order chi connectivity index (χ0) is 16.7. The highest BCUT2D eigenvalue weighted by Crippen LogP contribution is 2.18. The lowest BCUT2D eigenvalue weighted by molar-refractivity contribution is -0.111. The molecule has 0 bridgehead atoms. The Morgan fingerprint density at radius 3 is 2.48 bits per heavy atom. The second-order valence-corrected chi connectivity index (χ2v) is 5.40. The van der Waals surface area contributed by atoms with E-state index < -0.39 is 6.29 Å². The summed E-state index contributed by atoms with van der Waals surface area (Å²) in [5, 5.41) is 8.18. The molecule has 6 nitrogen and oxygen atoms in total. The third-order valence-electron chi connectivity index (χ3n) is 3.71. The van der Waals surface area contributed by atoms with E-state index in [0.29, 0.717) is 24.6 Å². The molecule has 0 saturated carbocycles. The number of hydrogen-bond donors (Lipinski definition) is 2. The average Bonchev–Trinajstić information content (AvgIpc) is 3.09. The first-order chi connectivity index (χ1) is 11.2. The van der Waals surface area contributed by atoms with Crippen LogP contribution in [0.2, 0.25) is 0 Å². The highest BCUT2D eigenvalue weighted by atomic mass is 16.7. The lowest BCUT2D eigenvalue weighted by Crippen LogP contribution is -2.25. The van der Waals surface area contributed by atoms with Crippen molar-refractivity contribution in [2.45, 2.75) is 33.0 Å². The van der Waals surface area contributed by atoms with Gasteiger partial charge in [-0.1, -0.05) is 0 Å². The van der Waals surface area contributed by atoms with Crippen LogP contribution in [0.25, 0.3) is 0 Å². The van der Waals surface area contributed by atoms with Crippen molar-refractivity contribution in [1.82, 2.24) is 4.98 Å². The van der Waals surface area contributed by atoms with E-state index in [4.69, 9.17) is 20.6 Å². The van der Waals surface area contributed by atoms with Crippen molar-refractivity contribution in [2.24, 2.45) is 5.73 Å². The number of allylic oxidation sites excluding steroid dienone is 1. The van der Waals surface area contributed by atoms with Crippen LogP contribution in [0.1, 0.15) is 32.3 Å². The van der Waals surface area contributed by atoms with Crippen LogP contribution in [0.4, 0.5) is 5.82 Å². The standard InChI is InChI=1S/C17H26N4O2/c1-3-22-17(23-4-2)15(19)11-14(18)13-7-8-16(20-12-13)21-9-5-6-10-21/h7-8,11-12,17-18H,3-6,9-10,19H2,1-2H3/b15-11-,18-14?. The quantitative estimate of drug-likeness (QED) is 0.567. The summed E-state index contributed by atoms with van der Waals surface area (Å²) < 4.78 is 10.9. The number of nitrogens with zero attached hydrogens (tertiary/aromatic N) is 2. The summed E-state index contributed by atoms with van der Waals surface area (Å²) in [7, 11) is 0. The van der Waals surface area contributed by atoms with Gasteiger partial charge in [-0.3, -0.25) is 0 Å². The minimum absolute atomic E-state index is 0.298. The Bertz CT molecular complexity index is 530. The predicted octanol–water partition coefficient (Wildman–Crippen LogP) is 2.29. The van der Waals surface area contributed by atoms with Gasteiger partial charge in [-0.2, -0.15) is 0 Å². The third kappa shape index (κ3) is 4.77. The summed E-state index contributed by atoms with van der Waals surface area (Å²) in [5.41, 5.74) is 7.41. The highest BCUT2D eigenvalue weighted by molar-refractivity contribution is 6.06. The van der Waals surface area contributed by atoms with Crippen molar-refractivity contribution in [3.8, 4) is 0 Å². The Labute approximate surface area is 137 Å². The molecule has 1 aromatic rings. The van der Waals surface area contributed by atoms with Gasteiger partial charge in [0.15, 0.2) is 6.29 Å². The summed E-state index contributed by atoms with van der Waals surface area (Å²) in [6.07, 6.45) is 5.12. The van der Waals surface area contributed by atoms with Crippen LogP contribution in [-0.2, 0) is 9.47 Å². The monoisotopic (exact) mass is 318 g/mol. The number of anilines is 1. The topological polar surface area (TPSA) is 84.5 Å². The van der Waals surface area contributed by atoms with Gasteiger partial charge in [-0.25, -0.2) is 4.98 Å². The number of rotatable bonds is 8. The fraction of sp³-hybridized carbons (Fsp3) is 0.529. The molecule has 0 aromatic carbocycles. The van der Waals surface area contributed by atoms with Crippen molar-refractivity contribution in [3.05, 3.63) is 35.7 Å². The normalized spacial score (nSPS) is 15.4. The van der Waals surface area contributed by atoms with Crippen molar-refractivity contribution in [1.29, 1.82) is 5.41 Å². The second-order valence-electron chi connectivity index (χ2n) is 5.40. The maximum absolute atomic E-state index is 8.18. The van der Waals surface area contributed by atoms with Crippen LogP contribution < -0.4 is 10.6 Å². The molecule has 2 heterocycles. The van der Waals surface area contributed by atoms with Crippen LogP contribution in [0.3, 0.4) is 0 Å². The van der Waals surface area contributed by atoms with Gasteiger partial charge >= 0.3 is 0 Å². The molecule has 23 heavy (non-hydrogen) atoms. The van der Waals surface area contributed by atoms with Gasteiger partial charge in [0.25, 0.3) is 0 Å². The number of pyridine rings is 1. The minimum Gasteiger partial charge on any atom is -0.398 e. The van der Waals surface area contributed by atoms with Crippen molar-refractivity contribution in [2.75, 3.05) is 31.2 Å². The van der Waals surface area contributed by atoms with E-state index in [1.807, 2.05) is 26.0 Å². The molecule has 1 saturated heterocycles. The fourth-order valence-electron chi connectivity index (χ4n) is 2.54. The van der Waals surface area contributed by atoms with Gasteiger partial charge in [-0.15, -0.1) is 0 Å². The molecule has 1 fully saturated rings. The summed E-state index contributed by atoms with van der Waals surface area (Å²) in [5.74, 6) is 0.970. The Balaban J connectivity index is 2.05. The van der Waals surface area contributed by atoms with E-state index >= 15 is 0 Å². The SMILES string of the molecule is CCOC(OCC)/C(N)=C/C(=N)c1ccc(N2CCCC2)nc1. The number of aromatic nitrogens is 1. The van der Waals surface area contributed by atoms with Gasteiger partial charge in [0.2, 0.25) is 0 Å². The predicted molar refractivity (Wildman–Crippen MR) is 91.8 cm³/mol. The second kappa shape index (κ2) is 8.64. The molecule has 1 aliphatic heterocycles. The van der Waals surface area contributed by atoms with Gasteiger partial charge in [0, 0.05) is 38.1 Å². The Morgan fingerprint density at radius 1 is 1.30 bits per heavy atom. The first-order valence-corrected chi connectivity index (χ1v) is 8.15. The van der Waals surface area contributed by atoms with E-state index in [1.165, 1.54) is 12.8 Å². The molecule has 2 rings (SSSR count). The molecular weight excluding hydrogens is 292 g/mol. The van der Waals surface area contributed by atoms with E-state index in [1.54, 1.807) is 12.3 Å². The number of nitrogens with one attached hydrogen (secondary N) is 1. The first kappa shape index (κ1) is 17.4. The van der Waals surface area contributed by atoms with Crippen molar-refractivity contribution >= 4 is 11.5 Å². The van der Waals surface area contributed by atoms with Gasteiger partial charge in [0.1, 0.15) is 5.82 Å². The van der Waals surface area contributed by atoms with Crippen LogP contribution >= 0.6 is 0 Å². The molecule has 0 unspecified atom stereocenters. The molecular formula is C17H26N4O2. The average molecular weight is 318 g/mol. The highest BCUT2D eigenvalue weighted by Gasteiger charge is 2.15. The van der Waals surface area contributed by atoms with E-state index in [9.17, 15) is 0 Å². The maximum Gasteiger partial charge on any atom is 0.198 e. The smallest absolute Gasteiger partial charge is 0.198 e. The Kier molecular flexibility index (Phi) is 6.55. The molecule has 6 heteroatoms. The molecule has 0 radical (unpaired) electrons. The lowest BCUT2D eigenvalue weighted by Gasteiger charge is -2.18. The fourth-order valence-corrected chi connectivity index (χ4v) is 2.54. The largest absolute Gasteiger partial charge is 0.398 e. The van der Waals surface area contributed by atoms with Crippen molar-refractivity contribution < 1.29 is 9.47 Å². The molecule has 0 atom stereocenters. The molecule has 0 amide bonds. The summed E-state index contributed by atoms with van der Waals surface area (Å²) in [6.45, 7) is 6.87. The van der Waals surface area contributed by atoms with Crippen LogP contribution in [0.15, 0.2) is 30.1 Å². The molecule has 1 aliphatic rings. The summed E-state index contributed by atoms with van der Waals surface area (Å²) >= 11 is 0. The zero-order valence-electron chi connectivity index (χ0n) is 13.9. The van der Waals surface area contributed by atoms with Gasteiger partial charge in [0.05, 0.1) is 11.4 Å². The number of hydrogen-bond acceptors (Lipinski definition) is 6. The van der Waals surface area contributed by atoms with Crippen LogP contribution in [0.5, 0.6) is 0 Å². The number of nitrogens with two attached hydrogens (primary N) is 1. The Morgan fingerprint density at radius 2 is 1.96 bits per heavy atom. The first-order valence-electron chi connectivity index (χ1n) is 8.15. The van der Waals surface area contributed by atoms with Gasteiger partial charge in [-0.05, 0) is 44.9 Å². The molecule has 1 aromatic heterocycles. The Hall–Kier alpha value is -1.92. The number of ether oxygens (including phenoxy) is 2. The molecule has 126 valence electrons. The van der Waals surface area contributed by atoms with Crippen LogP contribution in [-0.4, -0.2) is 43.3 Å². The summed E-state index contributed by atoms with van der Waals surface area (Å²) in [4.78, 5) is 6.72. The third-order valence-corrected chi connectivity index (χ3v) is 3.71. The maximum atomic E-state index is 8.18. The van der Waals surface area contributed by atoms with Crippen LogP contribution in [0, 0.1) is 5.41 Å². The minimum atomic E-state index is -0.609. The molecule has 0 spiro atoms. The van der Waals surface area contributed by atoms with E-state index in [2.05, 4.69) is 9.88 Å². The van der Waals surface area contributed by atoms with Crippen molar-refractivity contribution in [3.63, 3.8) is 0 Å². The molecule has 0 aliphatic carbocycles. The van der Waals surface area contributed by atoms with Gasteiger partial charge < -0.3 is 25.5 Å². The molecule has 3 N–H and O–H groups in total. The zero-order valence-corrected chi connectivity index (χ0v) is 13.9.